The zero-order chi connectivity index (χ0) is 10.8. The fourth-order valence-electron chi connectivity index (χ4n) is 3.01. The summed E-state index contributed by atoms with van der Waals surface area (Å²) in [6.07, 6.45) is 8.26. The molecule has 1 saturated carbocycles. The van der Waals surface area contributed by atoms with Crippen molar-refractivity contribution in [3.05, 3.63) is 0 Å². The Kier molecular flexibility index (Phi) is 3.36. The van der Waals surface area contributed by atoms with Crippen LogP contribution in [0.25, 0.3) is 0 Å². The molecule has 2 N–H and O–H groups in total. The second-order valence-corrected chi connectivity index (χ2v) is 5.93. The summed E-state index contributed by atoms with van der Waals surface area (Å²) in [6.45, 7) is 8.33. The molecule has 0 bridgehead atoms. The topological polar surface area (TPSA) is 24.1 Å². The van der Waals surface area contributed by atoms with Crippen molar-refractivity contribution in [2.75, 3.05) is 19.6 Å². The summed E-state index contributed by atoms with van der Waals surface area (Å²) in [5.74, 6) is 0. The Morgan fingerprint density at radius 2 is 1.93 bits per heavy atom. The Hall–Kier alpha value is -0.0800. The van der Waals surface area contributed by atoms with E-state index in [0.717, 1.165) is 0 Å². The van der Waals surface area contributed by atoms with E-state index in [-0.39, 0.29) is 0 Å². The van der Waals surface area contributed by atoms with E-state index in [1.807, 2.05) is 0 Å². The summed E-state index contributed by atoms with van der Waals surface area (Å²) < 4.78 is 0. The van der Waals surface area contributed by atoms with Crippen LogP contribution in [-0.4, -0.2) is 25.2 Å². The van der Waals surface area contributed by atoms with Gasteiger partial charge in [0, 0.05) is 18.6 Å². The first kappa shape index (κ1) is 11.4. The first-order valence-electron chi connectivity index (χ1n) is 6.64. The Morgan fingerprint density at radius 3 is 2.40 bits per heavy atom. The molecular weight excluding hydrogens is 184 g/mol. The summed E-state index contributed by atoms with van der Waals surface area (Å²) in [7, 11) is 0. The van der Waals surface area contributed by atoms with Crippen LogP contribution in [0.4, 0.5) is 0 Å². The lowest BCUT2D eigenvalue weighted by molar-refractivity contribution is 0.151. The van der Waals surface area contributed by atoms with Crippen molar-refractivity contribution in [3.63, 3.8) is 0 Å². The van der Waals surface area contributed by atoms with Gasteiger partial charge >= 0.3 is 0 Å². The van der Waals surface area contributed by atoms with Gasteiger partial charge in [0.15, 0.2) is 0 Å². The second-order valence-electron chi connectivity index (χ2n) is 5.93. The van der Waals surface area contributed by atoms with Crippen molar-refractivity contribution in [2.45, 2.75) is 57.9 Å². The summed E-state index contributed by atoms with van der Waals surface area (Å²) >= 11 is 0. The molecule has 1 atom stereocenters. The lowest BCUT2D eigenvalue weighted by Gasteiger charge is -2.40. The zero-order valence-electron chi connectivity index (χ0n) is 10.4. The van der Waals surface area contributed by atoms with Gasteiger partial charge in [-0.05, 0) is 44.1 Å². The SMILES string of the molecule is CCC1(CNCC2(C)CCC2)CCCN1. The molecule has 0 aromatic carbocycles. The van der Waals surface area contributed by atoms with E-state index in [2.05, 4.69) is 24.5 Å². The highest BCUT2D eigenvalue weighted by molar-refractivity contribution is 4.95. The average molecular weight is 210 g/mol. The van der Waals surface area contributed by atoms with Gasteiger partial charge in [0.25, 0.3) is 0 Å². The largest absolute Gasteiger partial charge is 0.314 e. The third-order valence-corrected chi connectivity index (χ3v) is 4.58. The molecule has 2 heteroatoms. The molecule has 0 aromatic heterocycles. The number of hydrogen-bond donors (Lipinski definition) is 2. The predicted molar refractivity (Wildman–Crippen MR) is 65.1 cm³/mol. The molecule has 15 heavy (non-hydrogen) atoms. The lowest BCUT2D eigenvalue weighted by atomic mass is 9.70. The van der Waals surface area contributed by atoms with Crippen LogP contribution in [0.5, 0.6) is 0 Å². The molecule has 1 heterocycles. The van der Waals surface area contributed by atoms with E-state index < -0.39 is 0 Å². The molecule has 0 aromatic rings. The molecule has 1 aliphatic carbocycles. The van der Waals surface area contributed by atoms with Gasteiger partial charge in [0.2, 0.25) is 0 Å². The molecule has 0 spiro atoms. The highest BCUT2D eigenvalue weighted by Gasteiger charge is 2.34. The Balaban J connectivity index is 1.71. The van der Waals surface area contributed by atoms with Crippen LogP contribution >= 0.6 is 0 Å². The highest BCUT2D eigenvalue weighted by atomic mass is 15.1. The molecule has 2 aliphatic rings. The third kappa shape index (κ3) is 2.54. The van der Waals surface area contributed by atoms with E-state index in [1.54, 1.807) is 0 Å². The van der Waals surface area contributed by atoms with Crippen LogP contribution in [0.15, 0.2) is 0 Å². The maximum absolute atomic E-state index is 3.70. The fourth-order valence-corrected chi connectivity index (χ4v) is 3.01. The van der Waals surface area contributed by atoms with Crippen LogP contribution < -0.4 is 10.6 Å². The van der Waals surface area contributed by atoms with E-state index in [1.165, 1.54) is 58.2 Å². The molecule has 1 aliphatic heterocycles. The first-order valence-corrected chi connectivity index (χ1v) is 6.64. The van der Waals surface area contributed by atoms with Crippen LogP contribution in [0.3, 0.4) is 0 Å². The summed E-state index contributed by atoms with van der Waals surface area (Å²) in [4.78, 5) is 0. The number of nitrogens with one attached hydrogen (secondary N) is 2. The molecule has 2 fully saturated rings. The van der Waals surface area contributed by atoms with Crippen molar-refractivity contribution in [1.82, 2.24) is 10.6 Å². The fraction of sp³-hybridized carbons (Fsp3) is 1.00. The van der Waals surface area contributed by atoms with Crippen molar-refractivity contribution in [2.24, 2.45) is 5.41 Å². The van der Waals surface area contributed by atoms with Crippen LogP contribution in [0.1, 0.15) is 52.4 Å². The van der Waals surface area contributed by atoms with Gasteiger partial charge in [0.1, 0.15) is 0 Å². The summed E-state index contributed by atoms with van der Waals surface area (Å²) in [5.41, 5.74) is 1.04. The van der Waals surface area contributed by atoms with E-state index in [0.29, 0.717) is 11.0 Å². The molecule has 0 amide bonds. The molecule has 0 radical (unpaired) electrons. The Bertz CT molecular complexity index is 203. The molecule has 1 unspecified atom stereocenters. The van der Waals surface area contributed by atoms with Crippen LogP contribution in [0, 0.1) is 5.41 Å². The standard InChI is InChI=1S/C13H26N2/c1-3-13(8-5-9-15-13)11-14-10-12(2)6-4-7-12/h14-15H,3-11H2,1-2H3. The monoisotopic (exact) mass is 210 g/mol. The van der Waals surface area contributed by atoms with Crippen LogP contribution in [-0.2, 0) is 0 Å². The Labute approximate surface area is 94.2 Å². The van der Waals surface area contributed by atoms with E-state index >= 15 is 0 Å². The quantitative estimate of drug-likeness (QED) is 0.727. The van der Waals surface area contributed by atoms with Gasteiger partial charge in [-0.3, -0.25) is 0 Å². The molecule has 2 rings (SSSR count). The van der Waals surface area contributed by atoms with Crippen molar-refractivity contribution in [1.29, 1.82) is 0 Å². The summed E-state index contributed by atoms with van der Waals surface area (Å²) in [6, 6.07) is 0. The minimum Gasteiger partial charge on any atom is -0.314 e. The molecule has 88 valence electrons. The van der Waals surface area contributed by atoms with E-state index in [4.69, 9.17) is 0 Å². The smallest absolute Gasteiger partial charge is 0.0304 e. The maximum atomic E-state index is 3.70. The normalized spacial score (nSPS) is 34.0. The minimum atomic E-state index is 0.417. The zero-order valence-corrected chi connectivity index (χ0v) is 10.4. The highest BCUT2D eigenvalue weighted by Crippen LogP contribution is 2.39. The maximum Gasteiger partial charge on any atom is 0.0304 e. The number of hydrogen-bond acceptors (Lipinski definition) is 2. The third-order valence-electron chi connectivity index (χ3n) is 4.58. The molecule has 2 nitrogen and oxygen atoms in total. The average Bonchev–Trinajstić information content (AvgIpc) is 2.65. The minimum absolute atomic E-state index is 0.417. The molecule has 1 saturated heterocycles. The number of rotatable bonds is 5. The van der Waals surface area contributed by atoms with Gasteiger partial charge in [0.05, 0.1) is 0 Å². The second kappa shape index (κ2) is 4.42. The van der Waals surface area contributed by atoms with Crippen molar-refractivity contribution >= 4 is 0 Å². The van der Waals surface area contributed by atoms with Crippen molar-refractivity contribution in [3.8, 4) is 0 Å². The van der Waals surface area contributed by atoms with Crippen LogP contribution in [0.2, 0.25) is 0 Å². The van der Waals surface area contributed by atoms with Gasteiger partial charge in [-0.25, -0.2) is 0 Å². The van der Waals surface area contributed by atoms with Gasteiger partial charge < -0.3 is 10.6 Å². The van der Waals surface area contributed by atoms with Gasteiger partial charge in [-0.2, -0.15) is 0 Å². The molecular formula is C13H26N2. The summed E-state index contributed by atoms with van der Waals surface area (Å²) in [5, 5.41) is 7.38. The van der Waals surface area contributed by atoms with E-state index in [9.17, 15) is 0 Å². The predicted octanol–water partition coefficient (Wildman–Crippen LogP) is 2.30. The Morgan fingerprint density at radius 1 is 1.13 bits per heavy atom. The lowest BCUT2D eigenvalue weighted by Crippen LogP contribution is -2.50. The van der Waals surface area contributed by atoms with Crippen molar-refractivity contribution < 1.29 is 0 Å². The van der Waals surface area contributed by atoms with Gasteiger partial charge in [-0.1, -0.05) is 20.3 Å². The van der Waals surface area contributed by atoms with Gasteiger partial charge in [-0.15, -0.1) is 0 Å². The first-order chi connectivity index (χ1) is 7.18.